The molecule has 0 unspecified atom stereocenters. The van der Waals surface area contributed by atoms with E-state index < -0.39 is 0 Å². The van der Waals surface area contributed by atoms with E-state index in [1.54, 1.807) is 30.1 Å². The van der Waals surface area contributed by atoms with Gasteiger partial charge in [0.2, 0.25) is 6.21 Å². The number of hydrogen-bond donors (Lipinski definition) is 2. The van der Waals surface area contributed by atoms with E-state index in [-0.39, 0.29) is 0 Å². The molecule has 0 saturated carbocycles. The van der Waals surface area contributed by atoms with E-state index in [1.165, 1.54) is 0 Å². The first-order valence-electron chi connectivity index (χ1n) is 8.00. The minimum atomic E-state index is 0.580. The van der Waals surface area contributed by atoms with Gasteiger partial charge in [-0.2, -0.15) is 9.61 Å². The molecular weight excluding hydrogens is 394 g/mol. The molecule has 0 aliphatic carbocycles. The Kier molecular flexibility index (Phi) is 5.80. The second-order valence-electron chi connectivity index (χ2n) is 5.41. The lowest BCUT2D eigenvalue weighted by Crippen LogP contribution is -2.66. The van der Waals surface area contributed by atoms with Crippen molar-refractivity contribution in [2.24, 2.45) is 0 Å². The van der Waals surface area contributed by atoms with Crippen molar-refractivity contribution >= 4 is 33.6 Å². The Morgan fingerprint density at radius 2 is 2.19 bits per heavy atom. The molecule has 132 valence electrons. The third-order valence-electron chi connectivity index (χ3n) is 3.72. The molecule has 0 bridgehead atoms. The summed E-state index contributed by atoms with van der Waals surface area (Å²) in [5, 5.41) is 10.5. The van der Waals surface area contributed by atoms with Gasteiger partial charge >= 0.3 is 0 Å². The Balaban J connectivity index is 1.95. The summed E-state index contributed by atoms with van der Waals surface area (Å²) < 4.78 is 2.62. The first kappa shape index (κ1) is 17.9. The van der Waals surface area contributed by atoms with Crippen molar-refractivity contribution in [2.45, 2.75) is 0 Å². The van der Waals surface area contributed by atoms with Crippen molar-refractivity contribution in [1.29, 1.82) is 0 Å². The number of hydrogen-bond acceptors (Lipinski definition) is 4. The maximum absolute atomic E-state index is 4.79. The zero-order valence-corrected chi connectivity index (χ0v) is 15.9. The fourth-order valence-electron chi connectivity index (χ4n) is 2.42. The number of nitrogens with one attached hydrogen (secondary N) is 2. The zero-order chi connectivity index (χ0) is 18.4. The molecular formula is C19H19BrN5O+. The van der Waals surface area contributed by atoms with E-state index in [0.717, 1.165) is 32.8 Å². The van der Waals surface area contributed by atoms with Crippen molar-refractivity contribution < 1.29 is 9.99 Å². The van der Waals surface area contributed by atoms with Crippen LogP contribution in [-0.4, -0.2) is 34.5 Å². The van der Waals surface area contributed by atoms with Crippen LogP contribution >= 0.6 is 15.9 Å². The highest BCUT2D eigenvalue weighted by atomic mass is 79.9. The summed E-state index contributed by atoms with van der Waals surface area (Å²) in [6.45, 7) is 4.42. The topological polar surface area (TPSA) is 65.4 Å². The standard InChI is InChI=1S/C19H18BrN5O/c1-3-14(9-10-23-26-2)12-21-18-11-17(15-7-5-4-6-8-15)24-19-16(20)13-22-25(18)19/h3-11,13,21H,1,12H2,2H3/p+1/b14-9+,23-10+. The van der Waals surface area contributed by atoms with E-state index in [1.807, 2.05) is 42.5 Å². The van der Waals surface area contributed by atoms with Crippen molar-refractivity contribution in [3.63, 3.8) is 0 Å². The molecule has 0 fully saturated rings. The van der Waals surface area contributed by atoms with Crippen LogP contribution in [0.5, 0.6) is 0 Å². The molecule has 0 aliphatic rings. The van der Waals surface area contributed by atoms with Crippen molar-refractivity contribution in [2.75, 3.05) is 19.0 Å². The highest BCUT2D eigenvalue weighted by Gasteiger charge is 2.11. The molecule has 3 rings (SSSR count). The predicted molar refractivity (Wildman–Crippen MR) is 107 cm³/mol. The van der Waals surface area contributed by atoms with Gasteiger partial charge in [-0.15, -0.1) is 0 Å². The number of allylic oxidation sites excluding steroid dienone is 1. The molecule has 0 atom stereocenters. The Hall–Kier alpha value is -2.93. The summed E-state index contributed by atoms with van der Waals surface area (Å²) in [6, 6.07) is 12.0. The lowest BCUT2D eigenvalue weighted by molar-refractivity contribution is -0.740. The second-order valence-corrected chi connectivity index (χ2v) is 6.26. The van der Waals surface area contributed by atoms with E-state index in [2.05, 4.69) is 38.1 Å². The monoisotopic (exact) mass is 412 g/mol. The summed E-state index contributed by atoms with van der Waals surface area (Å²) in [5.74, 6) is 0.840. The van der Waals surface area contributed by atoms with Crippen LogP contribution in [-0.2, 0) is 4.84 Å². The maximum Gasteiger partial charge on any atom is 0.213 e. The van der Waals surface area contributed by atoms with Crippen LogP contribution < -0.4 is 10.5 Å². The number of aromatic nitrogens is 3. The van der Waals surface area contributed by atoms with Gasteiger partial charge < -0.3 is 5.32 Å². The fourth-order valence-corrected chi connectivity index (χ4v) is 2.77. The van der Waals surface area contributed by atoms with Gasteiger partial charge in [-0.25, -0.2) is 4.98 Å². The third kappa shape index (κ3) is 4.00. The first-order valence-corrected chi connectivity index (χ1v) is 8.79. The number of anilines is 1. The lowest BCUT2D eigenvalue weighted by Gasteiger charge is -2.11. The van der Waals surface area contributed by atoms with Gasteiger partial charge in [0.15, 0.2) is 5.65 Å². The molecule has 0 aliphatic heterocycles. The van der Waals surface area contributed by atoms with Crippen LogP contribution in [0, 0.1) is 0 Å². The summed E-state index contributed by atoms with van der Waals surface area (Å²) in [5.41, 5.74) is 3.67. The lowest BCUT2D eigenvalue weighted by atomic mass is 10.1. The van der Waals surface area contributed by atoms with Crippen LogP contribution in [0.15, 0.2) is 71.4 Å². The van der Waals surface area contributed by atoms with Crippen LogP contribution in [0.25, 0.3) is 16.9 Å². The average molecular weight is 413 g/mol. The molecule has 1 aromatic carbocycles. The normalized spacial score (nSPS) is 11.8. The Morgan fingerprint density at radius 3 is 2.92 bits per heavy atom. The molecule has 3 aromatic rings. The summed E-state index contributed by atoms with van der Waals surface area (Å²) in [7, 11) is 1.56. The molecule has 2 N–H and O–H groups in total. The Morgan fingerprint density at radius 1 is 1.38 bits per heavy atom. The molecule has 7 heteroatoms. The van der Waals surface area contributed by atoms with Gasteiger partial charge in [-0.3, -0.25) is 4.84 Å². The van der Waals surface area contributed by atoms with Crippen molar-refractivity contribution in [3.8, 4) is 11.3 Å². The molecule has 0 saturated heterocycles. The van der Waals surface area contributed by atoms with Gasteiger partial charge in [0.1, 0.15) is 12.9 Å². The number of nitrogens with zero attached hydrogens (tertiary/aromatic N) is 3. The molecule has 2 aromatic heterocycles. The van der Waals surface area contributed by atoms with Gasteiger partial charge in [-0.1, -0.05) is 43.0 Å². The number of fused-ring (bicyclic) bond motifs is 1. The van der Waals surface area contributed by atoms with Gasteiger partial charge in [0, 0.05) is 24.3 Å². The van der Waals surface area contributed by atoms with Crippen LogP contribution in [0.2, 0.25) is 0 Å². The van der Waals surface area contributed by atoms with E-state index in [9.17, 15) is 0 Å². The van der Waals surface area contributed by atoms with E-state index in [4.69, 9.17) is 9.82 Å². The molecule has 2 heterocycles. The van der Waals surface area contributed by atoms with Gasteiger partial charge in [-0.05, 0) is 26.7 Å². The van der Waals surface area contributed by atoms with E-state index in [0.29, 0.717) is 6.54 Å². The first-order chi connectivity index (χ1) is 12.7. The zero-order valence-electron chi connectivity index (χ0n) is 14.3. The van der Waals surface area contributed by atoms with Crippen LogP contribution in [0.4, 0.5) is 5.82 Å². The molecule has 0 spiro atoms. The van der Waals surface area contributed by atoms with Crippen LogP contribution in [0.3, 0.4) is 0 Å². The molecule has 26 heavy (non-hydrogen) atoms. The minimum Gasteiger partial charge on any atom is -0.366 e. The fraction of sp³-hybridized carbons (Fsp3) is 0.105. The van der Waals surface area contributed by atoms with Crippen molar-refractivity contribution in [3.05, 3.63) is 71.4 Å². The van der Waals surface area contributed by atoms with E-state index >= 15 is 0 Å². The third-order valence-corrected chi connectivity index (χ3v) is 4.28. The van der Waals surface area contributed by atoms with Crippen molar-refractivity contribution in [1.82, 2.24) is 14.6 Å². The average Bonchev–Trinajstić information content (AvgIpc) is 3.06. The van der Waals surface area contributed by atoms with Gasteiger partial charge in [0.25, 0.3) is 0 Å². The highest BCUT2D eigenvalue weighted by molar-refractivity contribution is 9.10. The van der Waals surface area contributed by atoms with Crippen LogP contribution in [0.1, 0.15) is 0 Å². The Labute approximate surface area is 160 Å². The number of benzene rings is 1. The highest BCUT2D eigenvalue weighted by Crippen LogP contribution is 2.25. The van der Waals surface area contributed by atoms with Gasteiger partial charge in [0.05, 0.1) is 16.4 Å². The quantitative estimate of drug-likeness (QED) is 0.355. The molecule has 0 amide bonds. The number of rotatable bonds is 7. The Bertz CT molecular complexity index is 963. The number of halogens is 1. The largest absolute Gasteiger partial charge is 0.366 e. The SMILES string of the molecule is C=C/C(=C\C=[NH+]\OC)CNc1cc(-c2ccccc2)nc2c(Br)cnn12. The summed E-state index contributed by atoms with van der Waals surface area (Å²) in [6.07, 6.45) is 7.12. The smallest absolute Gasteiger partial charge is 0.213 e. The predicted octanol–water partition coefficient (Wildman–Crippen LogP) is 2.40. The maximum atomic E-state index is 4.79. The summed E-state index contributed by atoms with van der Waals surface area (Å²) >= 11 is 3.52. The minimum absolute atomic E-state index is 0.580. The molecule has 6 nitrogen and oxygen atoms in total. The molecule has 0 radical (unpaired) electrons. The summed E-state index contributed by atoms with van der Waals surface area (Å²) in [4.78, 5) is 9.51. The second kappa shape index (κ2) is 8.44.